The number of nitrogens with two attached hydrogens (primary N) is 1. The molecule has 0 spiro atoms. The Hall–Kier alpha value is 2.85. The zero-order valence-corrected chi connectivity index (χ0v) is 19.0. The smallest absolute Gasteiger partial charge is 0.790 e. The minimum Gasteiger partial charge on any atom is -0.790 e. The number of carbonyl (C=O) groups is 1. The monoisotopic (exact) mass is 377 g/mol. The molecule has 5 atom stereocenters. The van der Waals surface area contributed by atoms with E-state index in [0.29, 0.717) is 0 Å². The van der Waals surface area contributed by atoms with Gasteiger partial charge in [-0.1, -0.05) is 0 Å². The maximum atomic E-state index is 11.5. The number of aliphatic hydroxyl groups is 3. The maximum Gasteiger partial charge on any atom is 1.00 e. The summed E-state index contributed by atoms with van der Waals surface area (Å²) in [5.41, 5.74) is 5.41. The van der Waals surface area contributed by atoms with Crippen molar-refractivity contribution in [1.29, 1.82) is 0 Å². The van der Waals surface area contributed by atoms with Crippen LogP contribution in [0.3, 0.4) is 0 Å². The van der Waals surface area contributed by atoms with Crippen LogP contribution in [-0.4, -0.2) is 57.9 Å². The van der Waals surface area contributed by atoms with Crippen molar-refractivity contribution in [3.05, 3.63) is 0 Å². The molecular weight excluding hydrogens is 363 g/mol. The molecule has 1 fully saturated rings. The Kier molecular flexibility index (Phi) is 12.6. The van der Waals surface area contributed by atoms with E-state index in [9.17, 15) is 29.4 Å². The Labute approximate surface area is 205 Å². The van der Waals surface area contributed by atoms with Gasteiger partial charge in [0.2, 0.25) is 0 Å². The van der Waals surface area contributed by atoms with Crippen molar-refractivity contribution < 1.29 is 146 Å². The fraction of sp³-hybridized carbons (Fsp3) is 0.875. The average Bonchev–Trinajstić information content (AvgIpc) is 2.28. The number of hydrogen-bond donors (Lipinski definition) is 4. The number of phosphoric acid groups is 1. The Bertz CT molecular complexity index is 405. The van der Waals surface area contributed by atoms with E-state index in [2.05, 4.69) is 4.52 Å². The SMILES string of the molecule is CC(=O)C1(OP(=O)([O-])[O-])O[C@H](CO)[C@@H](O)[C@H](O)[C@H]1N.[K+].[K+]. The van der Waals surface area contributed by atoms with E-state index in [-0.39, 0.29) is 103 Å². The van der Waals surface area contributed by atoms with Gasteiger partial charge in [0.25, 0.3) is 5.79 Å². The van der Waals surface area contributed by atoms with Gasteiger partial charge in [0.1, 0.15) is 18.3 Å². The van der Waals surface area contributed by atoms with E-state index in [0.717, 1.165) is 6.92 Å². The second-order valence-electron chi connectivity index (χ2n) is 4.11. The quantitative estimate of drug-likeness (QED) is 0.271. The van der Waals surface area contributed by atoms with Crippen LogP contribution in [0.1, 0.15) is 6.92 Å². The Morgan fingerprint density at radius 1 is 1.38 bits per heavy atom. The van der Waals surface area contributed by atoms with E-state index < -0.39 is 50.4 Å². The summed E-state index contributed by atoms with van der Waals surface area (Å²) in [7, 11) is -5.67. The van der Waals surface area contributed by atoms with Crippen LogP contribution in [0, 0.1) is 0 Å². The van der Waals surface area contributed by atoms with Crippen molar-refractivity contribution in [3.63, 3.8) is 0 Å². The van der Waals surface area contributed by atoms with Gasteiger partial charge in [0, 0.05) is 6.92 Å². The largest absolute Gasteiger partial charge is 1.00 e. The molecule has 1 heterocycles. The average molecular weight is 377 g/mol. The molecule has 1 unspecified atom stereocenters. The van der Waals surface area contributed by atoms with Gasteiger partial charge in [-0.25, -0.2) is 0 Å². The van der Waals surface area contributed by atoms with Gasteiger partial charge < -0.3 is 44.7 Å². The molecule has 21 heavy (non-hydrogen) atoms. The molecule has 1 rings (SSSR count). The van der Waals surface area contributed by atoms with Gasteiger partial charge in [-0.05, 0) is 0 Å². The first-order valence-corrected chi connectivity index (χ1v) is 6.65. The molecule has 0 radical (unpaired) electrons. The second kappa shape index (κ2) is 10.1. The molecule has 0 bridgehead atoms. The number of ketones is 1. The molecular formula is C8H14K2NO9P. The van der Waals surface area contributed by atoms with Crippen LogP contribution in [0.4, 0.5) is 0 Å². The van der Waals surface area contributed by atoms with E-state index in [1.807, 2.05) is 0 Å². The van der Waals surface area contributed by atoms with Crippen LogP contribution >= 0.6 is 7.82 Å². The molecule has 1 saturated heterocycles. The molecule has 0 saturated carbocycles. The fourth-order valence-electron chi connectivity index (χ4n) is 1.81. The minimum atomic E-state index is -5.67. The third-order valence-electron chi connectivity index (χ3n) is 2.78. The molecule has 0 aliphatic carbocycles. The number of rotatable bonds is 4. The predicted octanol–water partition coefficient (Wildman–Crippen LogP) is -10.4. The molecule has 0 amide bonds. The van der Waals surface area contributed by atoms with Crippen LogP contribution < -0.4 is 118 Å². The zero-order valence-electron chi connectivity index (χ0n) is 11.8. The number of Topliss-reactive ketones (excluding diaryl/α,β-unsaturated/α-hetero) is 1. The molecule has 13 heteroatoms. The van der Waals surface area contributed by atoms with Crippen LogP contribution in [0.5, 0.6) is 0 Å². The number of aliphatic hydroxyl groups excluding tert-OH is 3. The number of ether oxygens (including phenoxy) is 1. The van der Waals surface area contributed by atoms with E-state index >= 15 is 0 Å². The van der Waals surface area contributed by atoms with Crippen molar-refractivity contribution in [2.24, 2.45) is 5.73 Å². The van der Waals surface area contributed by atoms with Crippen molar-refractivity contribution in [2.45, 2.75) is 37.1 Å². The molecule has 1 aliphatic heterocycles. The van der Waals surface area contributed by atoms with Crippen molar-refractivity contribution >= 4 is 13.6 Å². The van der Waals surface area contributed by atoms with Crippen LogP contribution in [0.25, 0.3) is 0 Å². The maximum absolute atomic E-state index is 11.5. The van der Waals surface area contributed by atoms with E-state index in [1.165, 1.54) is 0 Å². The van der Waals surface area contributed by atoms with Crippen molar-refractivity contribution in [2.75, 3.05) is 6.61 Å². The van der Waals surface area contributed by atoms with Crippen molar-refractivity contribution in [1.82, 2.24) is 0 Å². The summed E-state index contributed by atoms with van der Waals surface area (Å²) in [4.78, 5) is 32.9. The summed E-state index contributed by atoms with van der Waals surface area (Å²) >= 11 is 0. The first-order valence-electron chi connectivity index (χ1n) is 5.19. The van der Waals surface area contributed by atoms with Gasteiger partial charge in [0.15, 0.2) is 5.78 Å². The number of phosphoric ester groups is 1. The standard InChI is InChI=1S/C8H16NO9P.2K/c1-3(11)8(18-19(14,15)16)7(9)6(13)5(12)4(2-10)17-8;;/h4-7,10,12-13H,2,9H2,1H3,(H2,14,15,16);;/q;2*+1/p-2/t4-,5-,6+,7-,8?;;/m1../s1. The summed E-state index contributed by atoms with van der Waals surface area (Å²) in [5.74, 6) is -3.87. The molecule has 1 aliphatic rings. The Morgan fingerprint density at radius 3 is 2.19 bits per heavy atom. The predicted molar refractivity (Wildman–Crippen MR) is 54.1 cm³/mol. The third kappa shape index (κ3) is 6.26. The molecule has 112 valence electrons. The zero-order chi connectivity index (χ0) is 15.0. The van der Waals surface area contributed by atoms with Crippen molar-refractivity contribution in [3.8, 4) is 0 Å². The molecule has 0 aromatic rings. The van der Waals surface area contributed by atoms with E-state index in [4.69, 9.17) is 15.6 Å². The van der Waals surface area contributed by atoms with Gasteiger partial charge in [-0.2, -0.15) is 0 Å². The normalized spacial score (nSPS) is 36.3. The van der Waals surface area contributed by atoms with Crippen LogP contribution in [0.15, 0.2) is 0 Å². The van der Waals surface area contributed by atoms with Gasteiger partial charge in [0.05, 0.1) is 20.5 Å². The van der Waals surface area contributed by atoms with Gasteiger partial charge in [-0.15, -0.1) is 0 Å². The van der Waals surface area contributed by atoms with Gasteiger partial charge >= 0.3 is 103 Å². The van der Waals surface area contributed by atoms with Gasteiger partial charge in [-0.3, -0.25) is 4.79 Å². The summed E-state index contributed by atoms with van der Waals surface area (Å²) in [5, 5.41) is 28.1. The molecule has 5 N–H and O–H groups in total. The first-order chi connectivity index (χ1) is 8.55. The molecule has 10 nitrogen and oxygen atoms in total. The second-order valence-corrected chi connectivity index (χ2v) is 5.19. The number of carbonyl (C=O) groups excluding carboxylic acids is 1. The minimum absolute atomic E-state index is 0. The molecule has 0 aromatic carbocycles. The summed E-state index contributed by atoms with van der Waals surface area (Å²) in [6, 6.07) is -1.82. The fourth-order valence-corrected chi connectivity index (χ4v) is 2.43. The Morgan fingerprint density at radius 2 is 1.86 bits per heavy atom. The van der Waals surface area contributed by atoms with E-state index in [1.54, 1.807) is 0 Å². The topological polar surface area (TPSA) is 185 Å². The Balaban J connectivity index is 0. The summed E-state index contributed by atoms with van der Waals surface area (Å²) in [6.07, 6.45) is -5.04. The first kappa shape index (κ1) is 26.1. The summed E-state index contributed by atoms with van der Waals surface area (Å²) in [6.45, 7) is -0.0280. The van der Waals surface area contributed by atoms with Crippen LogP contribution in [0.2, 0.25) is 0 Å². The molecule has 0 aromatic heterocycles. The number of hydrogen-bond acceptors (Lipinski definition) is 10. The third-order valence-corrected chi connectivity index (χ3v) is 3.28. The van der Waals surface area contributed by atoms with Crippen LogP contribution in [-0.2, 0) is 18.6 Å². The summed E-state index contributed by atoms with van der Waals surface area (Å²) < 4.78 is 19.6.